The van der Waals surface area contributed by atoms with E-state index in [1.165, 1.54) is 11.3 Å². The molecule has 0 aliphatic heterocycles. The number of nitrogens with two attached hydrogens (primary N) is 1. The van der Waals surface area contributed by atoms with Crippen LogP contribution in [0.15, 0.2) is 22.7 Å². The Bertz CT molecular complexity index is 441. The van der Waals surface area contributed by atoms with E-state index in [4.69, 9.17) is 5.73 Å². The van der Waals surface area contributed by atoms with Crippen molar-refractivity contribution in [2.24, 2.45) is 0 Å². The summed E-state index contributed by atoms with van der Waals surface area (Å²) in [5, 5.41) is 0.615. The third-order valence-electron chi connectivity index (χ3n) is 1.72. The van der Waals surface area contributed by atoms with Gasteiger partial charge in [-0.15, -0.1) is 11.8 Å². The van der Waals surface area contributed by atoms with E-state index in [1.54, 1.807) is 24.2 Å². The molecule has 4 nitrogen and oxygen atoms in total. The smallest absolute Gasteiger partial charge is 0.181 e. The summed E-state index contributed by atoms with van der Waals surface area (Å²) in [4.78, 5) is 12.5. The number of thioether (sulfide) groups is 1. The van der Waals surface area contributed by atoms with Gasteiger partial charge in [0.15, 0.2) is 5.13 Å². The zero-order chi connectivity index (χ0) is 10.7. The lowest BCUT2D eigenvalue weighted by Crippen LogP contribution is -1.89. The van der Waals surface area contributed by atoms with Gasteiger partial charge in [0.25, 0.3) is 0 Å². The third kappa shape index (κ3) is 2.66. The van der Waals surface area contributed by atoms with Crippen LogP contribution in [0, 0.1) is 6.92 Å². The molecule has 2 rings (SSSR count). The molecule has 2 N–H and O–H groups in total. The highest BCUT2D eigenvalue weighted by molar-refractivity contribution is 8.00. The van der Waals surface area contributed by atoms with Crippen molar-refractivity contribution in [3.63, 3.8) is 0 Å². The van der Waals surface area contributed by atoms with Crippen molar-refractivity contribution in [1.29, 1.82) is 0 Å². The zero-order valence-electron chi connectivity index (χ0n) is 8.17. The van der Waals surface area contributed by atoms with Gasteiger partial charge in [-0.3, -0.25) is 0 Å². The first-order valence-electron chi connectivity index (χ1n) is 4.37. The quantitative estimate of drug-likeness (QED) is 0.830. The summed E-state index contributed by atoms with van der Waals surface area (Å²) in [5.74, 6) is 1.58. The van der Waals surface area contributed by atoms with Crippen molar-refractivity contribution >= 4 is 28.2 Å². The van der Waals surface area contributed by atoms with E-state index in [2.05, 4.69) is 15.0 Å². The van der Waals surface area contributed by atoms with Crippen molar-refractivity contribution in [3.8, 4) is 0 Å². The molecular weight excluding hydrogens is 228 g/mol. The standard InChI is InChI=1S/C9H10N4S2/c1-6-8(15-9(10)13-6)14-5-7-11-3-2-4-12-7/h2-4H,5H2,1H3,(H2,10,13). The summed E-state index contributed by atoms with van der Waals surface area (Å²) >= 11 is 3.18. The van der Waals surface area contributed by atoms with Crippen LogP contribution in [0.25, 0.3) is 0 Å². The first-order chi connectivity index (χ1) is 7.25. The third-order valence-corrected chi connectivity index (χ3v) is 4.07. The largest absolute Gasteiger partial charge is 0.375 e. The Morgan fingerprint density at radius 2 is 2.13 bits per heavy atom. The lowest BCUT2D eigenvalue weighted by Gasteiger charge is -1.97. The van der Waals surface area contributed by atoms with E-state index in [-0.39, 0.29) is 0 Å². The van der Waals surface area contributed by atoms with Crippen LogP contribution in [0.5, 0.6) is 0 Å². The van der Waals surface area contributed by atoms with Gasteiger partial charge in [-0.25, -0.2) is 15.0 Å². The maximum atomic E-state index is 5.61. The highest BCUT2D eigenvalue weighted by Crippen LogP contribution is 2.31. The van der Waals surface area contributed by atoms with E-state index >= 15 is 0 Å². The van der Waals surface area contributed by atoms with Gasteiger partial charge in [-0.05, 0) is 13.0 Å². The van der Waals surface area contributed by atoms with E-state index < -0.39 is 0 Å². The maximum absolute atomic E-state index is 5.61. The van der Waals surface area contributed by atoms with Crippen LogP contribution in [0.3, 0.4) is 0 Å². The number of hydrogen-bond acceptors (Lipinski definition) is 6. The second-order valence-electron chi connectivity index (χ2n) is 2.88. The van der Waals surface area contributed by atoms with Gasteiger partial charge >= 0.3 is 0 Å². The molecule has 78 valence electrons. The molecule has 2 aromatic rings. The van der Waals surface area contributed by atoms with Gasteiger partial charge in [0.05, 0.1) is 15.7 Å². The number of aryl methyl sites for hydroxylation is 1. The molecule has 0 bridgehead atoms. The number of thiazole rings is 1. The fourth-order valence-electron chi connectivity index (χ4n) is 1.07. The Morgan fingerprint density at radius 3 is 2.73 bits per heavy atom. The average molecular weight is 238 g/mol. The van der Waals surface area contributed by atoms with E-state index in [0.717, 1.165) is 21.5 Å². The van der Waals surface area contributed by atoms with Gasteiger partial charge in [-0.2, -0.15) is 0 Å². The molecule has 0 fully saturated rings. The molecule has 0 aliphatic rings. The summed E-state index contributed by atoms with van der Waals surface area (Å²) in [7, 11) is 0. The fourth-order valence-corrected chi connectivity index (χ4v) is 2.97. The van der Waals surface area contributed by atoms with Gasteiger partial charge in [-0.1, -0.05) is 11.3 Å². The highest BCUT2D eigenvalue weighted by atomic mass is 32.2. The Balaban J connectivity index is 2.02. The summed E-state index contributed by atoms with van der Waals surface area (Å²) < 4.78 is 1.14. The van der Waals surface area contributed by atoms with Crippen molar-refractivity contribution in [2.45, 2.75) is 16.9 Å². The van der Waals surface area contributed by atoms with Crippen LogP contribution in [0.2, 0.25) is 0 Å². The van der Waals surface area contributed by atoms with Crippen LogP contribution in [-0.2, 0) is 5.75 Å². The van der Waals surface area contributed by atoms with E-state index in [1.807, 2.05) is 13.0 Å². The van der Waals surface area contributed by atoms with Crippen LogP contribution in [-0.4, -0.2) is 15.0 Å². The Morgan fingerprint density at radius 1 is 1.40 bits per heavy atom. The SMILES string of the molecule is Cc1nc(N)sc1SCc1ncccn1. The summed E-state index contributed by atoms with van der Waals surface area (Å²) in [6.07, 6.45) is 3.49. The van der Waals surface area contributed by atoms with E-state index in [0.29, 0.717) is 5.13 Å². The second kappa shape index (κ2) is 4.59. The predicted molar refractivity (Wildman–Crippen MR) is 62.9 cm³/mol. The molecule has 2 aromatic heterocycles. The molecule has 0 radical (unpaired) electrons. The normalized spacial score (nSPS) is 10.5. The fraction of sp³-hybridized carbons (Fsp3) is 0.222. The molecule has 0 unspecified atom stereocenters. The lowest BCUT2D eigenvalue weighted by atomic mass is 10.6. The highest BCUT2D eigenvalue weighted by Gasteiger charge is 2.06. The number of rotatable bonds is 3. The number of nitrogen functional groups attached to an aromatic ring is 1. The minimum absolute atomic E-state index is 0.615. The predicted octanol–water partition coefficient (Wildman–Crippen LogP) is 2.12. The zero-order valence-corrected chi connectivity index (χ0v) is 9.81. The first-order valence-corrected chi connectivity index (χ1v) is 6.17. The topological polar surface area (TPSA) is 64.7 Å². The monoisotopic (exact) mass is 238 g/mol. The number of anilines is 1. The van der Waals surface area contributed by atoms with Gasteiger partial charge in [0, 0.05) is 12.4 Å². The maximum Gasteiger partial charge on any atom is 0.181 e. The molecule has 0 aliphatic carbocycles. The molecule has 15 heavy (non-hydrogen) atoms. The molecular formula is C9H10N4S2. The summed E-state index contributed by atoms with van der Waals surface area (Å²) in [5.41, 5.74) is 6.60. The molecule has 0 saturated carbocycles. The lowest BCUT2D eigenvalue weighted by molar-refractivity contribution is 1.03. The molecule has 0 spiro atoms. The molecule has 0 aromatic carbocycles. The molecule has 2 heterocycles. The number of aromatic nitrogens is 3. The summed E-state index contributed by atoms with van der Waals surface area (Å²) in [6, 6.07) is 1.81. The Labute approximate surface area is 96.0 Å². The van der Waals surface area contributed by atoms with Crippen LogP contribution < -0.4 is 5.73 Å². The van der Waals surface area contributed by atoms with Crippen molar-refractivity contribution in [1.82, 2.24) is 15.0 Å². The van der Waals surface area contributed by atoms with Crippen molar-refractivity contribution in [3.05, 3.63) is 30.0 Å². The van der Waals surface area contributed by atoms with Crippen LogP contribution in [0.1, 0.15) is 11.5 Å². The first kappa shape index (κ1) is 10.4. The number of nitrogens with zero attached hydrogens (tertiary/aromatic N) is 3. The molecule has 0 amide bonds. The van der Waals surface area contributed by atoms with E-state index in [9.17, 15) is 0 Å². The minimum Gasteiger partial charge on any atom is -0.375 e. The van der Waals surface area contributed by atoms with Crippen LogP contribution >= 0.6 is 23.1 Å². The van der Waals surface area contributed by atoms with Gasteiger partial charge in [0.2, 0.25) is 0 Å². The Hall–Kier alpha value is -1.14. The van der Waals surface area contributed by atoms with Crippen LogP contribution in [0.4, 0.5) is 5.13 Å². The molecule has 0 saturated heterocycles. The van der Waals surface area contributed by atoms with Crippen molar-refractivity contribution in [2.75, 3.05) is 5.73 Å². The number of hydrogen-bond donors (Lipinski definition) is 1. The van der Waals surface area contributed by atoms with Gasteiger partial charge in [0.1, 0.15) is 5.82 Å². The summed E-state index contributed by atoms with van der Waals surface area (Å²) in [6.45, 7) is 1.96. The minimum atomic E-state index is 0.615. The van der Waals surface area contributed by atoms with Crippen molar-refractivity contribution < 1.29 is 0 Å². The Kier molecular flexibility index (Phi) is 3.17. The van der Waals surface area contributed by atoms with Gasteiger partial charge < -0.3 is 5.73 Å². The molecule has 0 atom stereocenters. The second-order valence-corrected chi connectivity index (χ2v) is 5.15. The average Bonchev–Trinajstić information content (AvgIpc) is 2.56. The molecule has 6 heteroatoms.